The van der Waals surface area contributed by atoms with Crippen LogP contribution in [0, 0.1) is 0 Å². The first-order chi connectivity index (χ1) is 5.84. The highest BCUT2D eigenvalue weighted by atomic mass is 14.7. The number of allylic oxidation sites excluding steroid dienone is 3. The maximum Gasteiger partial charge on any atom is 0.0858 e. The van der Waals surface area contributed by atoms with Crippen LogP contribution in [-0.4, -0.2) is 4.98 Å². The van der Waals surface area contributed by atoms with Crippen molar-refractivity contribution in [2.75, 3.05) is 5.73 Å². The second-order valence-electron chi connectivity index (χ2n) is 2.36. The number of hydrogen-bond donors (Lipinski definition) is 1. The van der Waals surface area contributed by atoms with E-state index in [4.69, 9.17) is 5.73 Å². The van der Waals surface area contributed by atoms with Crippen LogP contribution in [0.4, 0.5) is 5.69 Å². The van der Waals surface area contributed by atoms with Crippen LogP contribution < -0.4 is 5.73 Å². The normalized spacial score (nSPS) is 11.4. The molecule has 0 amide bonds. The predicted octanol–water partition coefficient (Wildman–Crippen LogP) is 2.25. The van der Waals surface area contributed by atoms with E-state index in [0.717, 1.165) is 5.69 Å². The van der Waals surface area contributed by atoms with E-state index in [1.54, 1.807) is 6.20 Å². The lowest BCUT2D eigenvalue weighted by atomic mass is 10.3. The second-order valence-corrected chi connectivity index (χ2v) is 2.36. The van der Waals surface area contributed by atoms with Crippen LogP contribution in [0.3, 0.4) is 0 Å². The quantitative estimate of drug-likeness (QED) is 0.674. The Morgan fingerprint density at radius 1 is 1.42 bits per heavy atom. The van der Waals surface area contributed by atoms with Crippen LogP contribution in [0.1, 0.15) is 12.6 Å². The van der Waals surface area contributed by atoms with Crippen molar-refractivity contribution < 1.29 is 0 Å². The molecule has 2 N–H and O–H groups in total. The first-order valence-electron chi connectivity index (χ1n) is 3.84. The molecule has 1 aromatic heterocycles. The third-order valence-electron chi connectivity index (χ3n) is 1.43. The maximum atomic E-state index is 5.66. The predicted molar refractivity (Wildman–Crippen MR) is 52.5 cm³/mol. The lowest BCUT2D eigenvalue weighted by Gasteiger charge is -1.95. The Morgan fingerprint density at radius 3 is 2.92 bits per heavy atom. The van der Waals surface area contributed by atoms with Gasteiger partial charge in [-0.3, -0.25) is 4.98 Å². The van der Waals surface area contributed by atoms with Crippen LogP contribution in [0.15, 0.2) is 36.6 Å². The molecule has 2 heteroatoms. The third kappa shape index (κ3) is 2.23. The van der Waals surface area contributed by atoms with Crippen LogP contribution in [0.2, 0.25) is 0 Å². The van der Waals surface area contributed by atoms with Gasteiger partial charge in [-0.2, -0.15) is 0 Å². The summed E-state index contributed by atoms with van der Waals surface area (Å²) in [6.07, 6.45) is 9.42. The molecule has 2 nitrogen and oxygen atoms in total. The maximum absolute atomic E-state index is 5.66. The summed E-state index contributed by atoms with van der Waals surface area (Å²) in [5.41, 5.74) is 7.19. The second kappa shape index (κ2) is 4.34. The molecule has 1 heterocycles. The van der Waals surface area contributed by atoms with E-state index in [1.165, 1.54) is 0 Å². The summed E-state index contributed by atoms with van der Waals surface area (Å²) >= 11 is 0. The average molecular weight is 160 g/mol. The van der Waals surface area contributed by atoms with Crippen molar-refractivity contribution in [2.45, 2.75) is 6.92 Å². The van der Waals surface area contributed by atoms with Gasteiger partial charge in [-0.05, 0) is 25.1 Å². The van der Waals surface area contributed by atoms with Crippen LogP contribution >= 0.6 is 0 Å². The fraction of sp³-hybridized carbons (Fsp3) is 0.100. The van der Waals surface area contributed by atoms with Crippen LogP contribution in [0.25, 0.3) is 6.08 Å². The summed E-state index contributed by atoms with van der Waals surface area (Å²) < 4.78 is 0. The van der Waals surface area contributed by atoms with Gasteiger partial charge in [-0.25, -0.2) is 0 Å². The van der Waals surface area contributed by atoms with Gasteiger partial charge in [-0.1, -0.05) is 18.2 Å². The molecule has 0 saturated heterocycles. The Morgan fingerprint density at radius 2 is 2.25 bits per heavy atom. The molecule has 1 aromatic rings. The van der Waals surface area contributed by atoms with E-state index in [-0.39, 0.29) is 0 Å². The Labute approximate surface area is 72.4 Å². The van der Waals surface area contributed by atoms with Gasteiger partial charge in [0.2, 0.25) is 0 Å². The standard InChI is InChI=1S/C10H12N2/c1-2-3-4-7-10-9(11)6-5-8-12-10/h2-8H,11H2,1H3. The summed E-state index contributed by atoms with van der Waals surface area (Å²) in [6, 6.07) is 3.66. The van der Waals surface area contributed by atoms with Crippen molar-refractivity contribution in [2.24, 2.45) is 0 Å². The molecule has 0 atom stereocenters. The number of rotatable bonds is 2. The lowest BCUT2D eigenvalue weighted by molar-refractivity contribution is 1.30. The summed E-state index contributed by atoms with van der Waals surface area (Å²) in [4.78, 5) is 4.10. The number of nitrogen functional groups attached to an aromatic ring is 1. The molecule has 0 spiro atoms. The molecule has 0 radical (unpaired) electrons. The van der Waals surface area contributed by atoms with Gasteiger partial charge in [-0.15, -0.1) is 0 Å². The zero-order chi connectivity index (χ0) is 8.81. The minimum absolute atomic E-state index is 0.707. The van der Waals surface area contributed by atoms with E-state index in [1.807, 2.05) is 43.4 Å². The highest BCUT2D eigenvalue weighted by Crippen LogP contribution is 2.08. The number of hydrogen-bond acceptors (Lipinski definition) is 2. The number of aromatic nitrogens is 1. The first-order valence-corrected chi connectivity index (χ1v) is 3.84. The van der Waals surface area contributed by atoms with E-state index >= 15 is 0 Å². The van der Waals surface area contributed by atoms with Gasteiger partial charge in [0.25, 0.3) is 0 Å². The van der Waals surface area contributed by atoms with Crippen molar-refractivity contribution in [1.82, 2.24) is 4.98 Å². The topological polar surface area (TPSA) is 38.9 Å². The van der Waals surface area contributed by atoms with E-state index in [9.17, 15) is 0 Å². The Bertz CT molecular complexity index is 300. The molecule has 0 aromatic carbocycles. The Balaban J connectivity index is 2.82. The molecular formula is C10H12N2. The summed E-state index contributed by atoms with van der Waals surface area (Å²) in [5, 5.41) is 0. The molecule has 0 saturated carbocycles. The monoisotopic (exact) mass is 160 g/mol. The number of nitrogens with zero attached hydrogens (tertiary/aromatic N) is 1. The van der Waals surface area contributed by atoms with Crippen molar-refractivity contribution in [3.05, 3.63) is 42.3 Å². The largest absolute Gasteiger partial charge is 0.397 e. The molecule has 0 bridgehead atoms. The van der Waals surface area contributed by atoms with Crippen LogP contribution in [-0.2, 0) is 0 Å². The average Bonchev–Trinajstić information content (AvgIpc) is 2.09. The molecule has 0 aliphatic carbocycles. The fourth-order valence-corrected chi connectivity index (χ4v) is 0.827. The molecule has 12 heavy (non-hydrogen) atoms. The van der Waals surface area contributed by atoms with Gasteiger partial charge in [0, 0.05) is 6.20 Å². The zero-order valence-corrected chi connectivity index (χ0v) is 7.07. The fourth-order valence-electron chi connectivity index (χ4n) is 0.827. The van der Waals surface area contributed by atoms with Gasteiger partial charge in [0.05, 0.1) is 11.4 Å². The van der Waals surface area contributed by atoms with Gasteiger partial charge < -0.3 is 5.73 Å². The number of anilines is 1. The summed E-state index contributed by atoms with van der Waals surface area (Å²) in [6.45, 7) is 1.96. The zero-order valence-electron chi connectivity index (χ0n) is 7.07. The SMILES string of the molecule is CC=CC=Cc1ncccc1N. The molecule has 0 aliphatic rings. The molecule has 0 unspecified atom stereocenters. The third-order valence-corrected chi connectivity index (χ3v) is 1.43. The van der Waals surface area contributed by atoms with Crippen molar-refractivity contribution in [3.63, 3.8) is 0 Å². The molecule has 0 fully saturated rings. The van der Waals surface area contributed by atoms with E-state index in [0.29, 0.717) is 5.69 Å². The van der Waals surface area contributed by atoms with Gasteiger partial charge in [0.15, 0.2) is 0 Å². The van der Waals surface area contributed by atoms with Gasteiger partial charge >= 0.3 is 0 Å². The summed E-state index contributed by atoms with van der Waals surface area (Å²) in [7, 11) is 0. The Kier molecular flexibility index (Phi) is 3.08. The first kappa shape index (κ1) is 8.53. The lowest BCUT2D eigenvalue weighted by Crippen LogP contribution is -1.90. The molecular weight excluding hydrogens is 148 g/mol. The van der Waals surface area contributed by atoms with Crippen molar-refractivity contribution >= 4 is 11.8 Å². The highest BCUT2D eigenvalue weighted by Gasteiger charge is 1.90. The van der Waals surface area contributed by atoms with E-state index in [2.05, 4.69) is 4.98 Å². The summed E-state index contributed by atoms with van der Waals surface area (Å²) in [5.74, 6) is 0. The number of pyridine rings is 1. The van der Waals surface area contributed by atoms with Gasteiger partial charge in [0.1, 0.15) is 0 Å². The Hall–Kier alpha value is -1.57. The molecule has 0 aliphatic heterocycles. The van der Waals surface area contributed by atoms with Crippen molar-refractivity contribution in [3.8, 4) is 0 Å². The minimum Gasteiger partial charge on any atom is -0.397 e. The minimum atomic E-state index is 0.707. The number of nitrogens with two attached hydrogens (primary N) is 1. The molecule has 1 rings (SSSR count). The molecule has 62 valence electrons. The van der Waals surface area contributed by atoms with Crippen LogP contribution in [0.5, 0.6) is 0 Å². The van der Waals surface area contributed by atoms with E-state index < -0.39 is 0 Å². The van der Waals surface area contributed by atoms with Crippen molar-refractivity contribution in [1.29, 1.82) is 0 Å². The highest BCUT2D eigenvalue weighted by molar-refractivity contribution is 5.60. The smallest absolute Gasteiger partial charge is 0.0858 e.